The molecular weight excluding hydrogens is 284 g/mol. The van der Waals surface area contributed by atoms with Crippen LogP contribution in [0.25, 0.3) is 0 Å². The predicted octanol–water partition coefficient (Wildman–Crippen LogP) is 1.94. The molecule has 0 unspecified atom stereocenters. The van der Waals surface area contributed by atoms with Crippen molar-refractivity contribution in [3.63, 3.8) is 0 Å². The van der Waals surface area contributed by atoms with Gasteiger partial charge < -0.3 is 0 Å². The van der Waals surface area contributed by atoms with E-state index in [4.69, 9.17) is 0 Å². The molecule has 0 fully saturated rings. The Hall–Kier alpha value is -1.68. The monoisotopic (exact) mass is 292 g/mol. The van der Waals surface area contributed by atoms with Crippen molar-refractivity contribution in [2.75, 3.05) is 5.75 Å². The fourth-order valence-corrected chi connectivity index (χ4v) is 3.36. The molecule has 8 nitrogen and oxygen atoms in total. The Morgan fingerprint density at radius 1 is 1.22 bits per heavy atom. The molecule has 0 aromatic heterocycles. The standard InChI is InChI=1S/C8H8N2O6S2/c1-2-18(15,16)17-8-4-3-6(9(11)12)5-7(8)10(13)14/h3-5H,2H2,1H3. The van der Waals surface area contributed by atoms with Crippen LogP contribution < -0.4 is 0 Å². The summed E-state index contributed by atoms with van der Waals surface area (Å²) in [4.78, 5) is 19.5. The molecule has 1 aromatic rings. The molecule has 0 aliphatic heterocycles. The van der Waals surface area contributed by atoms with Crippen LogP contribution in [0.15, 0.2) is 23.1 Å². The maximum Gasteiger partial charge on any atom is 0.290 e. The lowest BCUT2D eigenvalue weighted by atomic mass is 10.3. The van der Waals surface area contributed by atoms with Gasteiger partial charge >= 0.3 is 0 Å². The summed E-state index contributed by atoms with van der Waals surface area (Å²) in [6, 6.07) is 2.84. The highest BCUT2D eigenvalue weighted by atomic mass is 33.1. The van der Waals surface area contributed by atoms with E-state index in [0.717, 1.165) is 18.2 Å². The van der Waals surface area contributed by atoms with Gasteiger partial charge in [-0.15, -0.1) is 0 Å². The van der Waals surface area contributed by atoms with Crippen molar-refractivity contribution in [1.29, 1.82) is 0 Å². The van der Waals surface area contributed by atoms with Crippen LogP contribution >= 0.6 is 10.8 Å². The Balaban J connectivity index is 3.29. The topological polar surface area (TPSA) is 120 Å². The Kier molecular flexibility index (Phi) is 4.24. The van der Waals surface area contributed by atoms with Gasteiger partial charge in [-0.1, -0.05) is 6.92 Å². The van der Waals surface area contributed by atoms with Gasteiger partial charge in [0.25, 0.3) is 11.4 Å². The van der Waals surface area contributed by atoms with Gasteiger partial charge in [0.1, 0.15) is 4.90 Å². The molecule has 0 atom stereocenters. The quantitative estimate of drug-likeness (QED) is 0.462. The van der Waals surface area contributed by atoms with Gasteiger partial charge in [-0.25, -0.2) is 8.42 Å². The van der Waals surface area contributed by atoms with Crippen LogP contribution in [-0.4, -0.2) is 24.0 Å². The zero-order valence-corrected chi connectivity index (χ0v) is 10.7. The van der Waals surface area contributed by atoms with Crippen molar-refractivity contribution >= 4 is 31.0 Å². The molecule has 0 aliphatic carbocycles. The van der Waals surface area contributed by atoms with E-state index in [0.29, 0.717) is 10.8 Å². The van der Waals surface area contributed by atoms with E-state index >= 15 is 0 Å². The molecule has 0 amide bonds. The average Bonchev–Trinajstić information content (AvgIpc) is 2.28. The average molecular weight is 292 g/mol. The van der Waals surface area contributed by atoms with Gasteiger partial charge in [-0.3, -0.25) is 20.2 Å². The molecule has 0 aliphatic rings. The van der Waals surface area contributed by atoms with Gasteiger partial charge in [0.2, 0.25) is 8.87 Å². The SMILES string of the molecule is CCS(=O)(=O)Sc1ccc([N+](=O)[O-])cc1[N+](=O)[O-]. The molecule has 0 saturated carbocycles. The summed E-state index contributed by atoms with van der Waals surface area (Å²) >= 11 is 0. The molecule has 98 valence electrons. The Morgan fingerprint density at radius 2 is 1.83 bits per heavy atom. The molecule has 0 heterocycles. The van der Waals surface area contributed by atoms with E-state index in [-0.39, 0.29) is 10.6 Å². The summed E-state index contributed by atoms with van der Waals surface area (Å²) in [5.41, 5.74) is -1.05. The molecule has 1 aromatic carbocycles. The molecule has 0 spiro atoms. The first kappa shape index (κ1) is 14.4. The molecule has 0 bridgehead atoms. The second-order valence-electron chi connectivity index (χ2n) is 3.10. The van der Waals surface area contributed by atoms with Crippen LogP contribution in [0.4, 0.5) is 11.4 Å². The number of nitro benzene ring substituents is 2. The molecule has 10 heteroatoms. The number of hydrogen-bond donors (Lipinski definition) is 0. The van der Waals surface area contributed by atoms with Gasteiger partial charge in [-0.2, -0.15) is 0 Å². The summed E-state index contributed by atoms with van der Waals surface area (Å²) < 4.78 is 22.7. The van der Waals surface area contributed by atoms with E-state index in [1.165, 1.54) is 6.92 Å². The summed E-state index contributed by atoms with van der Waals surface area (Å²) in [5, 5.41) is 21.2. The van der Waals surface area contributed by atoms with Crippen LogP contribution in [0.3, 0.4) is 0 Å². The third kappa shape index (κ3) is 3.40. The summed E-state index contributed by atoms with van der Waals surface area (Å²) in [7, 11) is -3.19. The van der Waals surface area contributed by atoms with E-state index in [2.05, 4.69) is 0 Å². The second kappa shape index (κ2) is 5.31. The molecule has 0 radical (unpaired) electrons. The molecule has 1 rings (SSSR count). The van der Waals surface area contributed by atoms with Crippen molar-refractivity contribution in [2.24, 2.45) is 0 Å². The zero-order valence-electron chi connectivity index (χ0n) is 9.10. The van der Waals surface area contributed by atoms with E-state index in [1.54, 1.807) is 0 Å². The van der Waals surface area contributed by atoms with Gasteiger partial charge in [0.15, 0.2) is 0 Å². The summed E-state index contributed by atoms with van der Waals surface area (Å²) in [5.74, 6) is -0.189. The first-order valence-electron chi connectivity index (χ1n) is 4.62. The third-order valence-corrected chi connectivity index (χ3v) is 5.41. The molecule has 0 saturated heterocycles. The van der Waals surface area contributed by atoms with Crippen molar-refractivity contribution < 1.29 is 18.3 Å². The van der Waals surface area contributed by atoms with Crippen molar-refractivity contribution in [2.45, 2.75) is 11.8 Å². The number of non-ortho nitro benzene ring substituents is 1. The molecule has 0 N–H and O–H groups in total. The minimum atomic E-state index is -3.52. The minimum absolute atomic E-state index is 0.132. The third-order valence-electron chi connectivity index (χ3n) is 1.92. The number of nitro groups is 2. The fraction of sp³-hybridized carbons (Fsp3) is 0.250. The normalized spacial score (nSPS) is 11.2. The Morgan fingerprint density at radius 3 is 2.28 bits per heavy atom. The number of rotatable bonds is 5. The highest BCUT2D eigenvalue weighted by Gasteiger charge is 2.23. The van der Waals surface area contributed by atoms with Crippen LogP contribution in [0.5, 0.6) is 0 Å². The van der Waals surface area contributed by atoms with Gasteiger partial charge in [0.05, 0.1) is 21.7 Å². The predicted molar refractivity (Wildman–Crippen MR) is 65.1 cm³/mol. The Bertz CT molecular complexity index is 598. The van der Waals surface area contributed by atoms with Crippen LogP contribution in [0.2, 0.25) is 0 Å². The van der Waals surface area contributed by atoms with Crippen LogP contribution in [0.1, 0.15) is 6.92 Å². The molecular formula is C8H8N2O6S2. The maximum absolute atomic E-state index is 11.4. The number of hydrogen-bond acceptors (Lipinski definition) is 7. The van der Waals surface area contributed by atoms with Gasteiger partial charge in [0, 0.05) is 16.9 Å². The summed E-state index contributed by atoms with van der Waals surface area (Å²) in [6.07, 6.45) is 0. The smallest absolute Gasteiger partial charge is 0.258 e. The van der Waals surface area contributed by atoms with Crippen LogP contribution in [0, 0.1) is 20.2 Å². The van der Waals surface area contributed by atoms with Crippen molar-refractivity contribution in [1.82, 2.24) is 0 Å². The van der Waals surface area contributed by atoms with Crippen molar-refractivity contribution in [3.8, 4) is 0 Å². The lowest BCUT2D eigenvalue weighted by Crippen LogP contribution is -1.99. The first-order valence-corrected chi connectivity index (χ1v) is 7.60. The van der Waals surface area contributed by atoms with E-state index < -0.39 is 30.1 Å². The molecule has 18 heavy (non-hydrogen) atoms. The first-order chi connectivity index (χ1) is 8.26. The second-order valence-corrected chi connectivity index (χ2v) is 7.42. The summed E-state index contributed by atoms with van der Waals surface area (Å²) in [6.45, 7) is 1.40. The van der Waals surface area contributed by atoms with E-state index in [1.807, 2.05) is 0 Å². The Labute approximate surface area is 106 Å². The maximum atomic E-state index is 11.4. The lowest BCUT2D eigenvalue weighted by Gasteiger charge is -2.02. The number of benzene rings is 1. The number of nitrogens with zero attached hydrogens (tertiary/aromatic N) is 2. The largest absolute Gasteiger partial charge is 0.290 e. The highest BCUT2D eigenvalue weighted by molar-refractivity contribution is 8.72. The lowest BCUT2D eigenvalue weighted by molar-refractivity contribution is -0.396. The van der Waals surface area contributed by atoms with E-state index in [9.17, 15) is 28.6 Å². The van der Waals surface area contributed by atoms with Gasteiger partial charge in [-0.05, 0) is 6.07 Å². The van der Waals surface area contributed by atoms with Crippen molar-refractivity contribution in [3.05, 3.63) is 38.4 Å². The highest BCUT2D eigenvalue weighted by Crippen LogP contribution is 2.35. The van der Waals surface area contributed by atoms with Crippen LogP contribution in [-0.2, 0) is 8.87 Å². The minimum Gasteiger partial charge on any atom is -0.258 e. The zero-order chi connectivity index (χ0) is 13.9. The fourth-order valence-electron chi connectivity index (χ4n) is 1.03.